The van der Waals surface area contributed by atoms with Crippen LogP contribution >= 0.6 is 47.8 Å². The van der Waals surface area contributed by atoms with Crippen LogP contribution in [0.2, 0.25) is 0 Å². The molecule has 0 radical (unpaired) electrons. The van der Waals surface area contributed by atoms with Gasteiger partial charge < -0.3 is 9.47 Å². The Hall–Kier alpha value is -0.340. The lowest BCUT2D eigenvalue weighted by Gasteiger charge is -2.16. The minimum absolute atomic E-state index is 0.420. The quantitative estimate of drug-likeness (QED) is 0.297. The summed E-state index contributed by atoms with van der Waals surface area (Å²) in [5.74, 6) is 1.12. The van der Waals surface area contributed by atoms with E-state index in [1.807, 2.05) is 0 Å². The standard InChI is InChI=1S/C10H10Br3NO4/c1-17-7-4-8(18-2)6(11)3-5(7)9(12)10(13)14(15)16/h3-4,9-10H,1-2H3. The molecule has 0 aromatic heterocycles. The Bertz CT molecular complexity index is 455. The van der Waals surface area contributed by atoms with Gasteiger partial charge in [-0.25, -0.2) is 0 Å². The highest BCUT2D eigenvalue weighted by Crippen LogP contribution is 2.41. The Morgan fingerprint density at radius 1 is 1.22 bits per heavy atom. The minimum atomic E-state index is -0.952. The van der Waals surface area contributed by atoms with Gasteiger partial charge in [-0.2, -0.15) is 0 Å². The minimum Gasteiger partial charge on any atom is -0.496 e. The zero-order chi connectivity index (χ0) is 13.9. The number of halogens is 3. The second-order valence-electron chi connectivity index (χ2n) is 3.29. The number of benzene rings is 1. The first-order valence-corrected chi connectivity index (χ1v) is 7.37. The van der Waals surface area contributed by atoms with Crippen molar-refractivity contribution in [2.24, 2.45) is 0 Å². The summed E-state index contributed by atoms with van der Waals surface area (Å²) in [6.07, 6.45) is 0. The number of hydrogen-bond acceptors (Lipinski definition) is 4. The lowest BCUT2D eigenvalue weighted by atomic mass is 10.1. The Morgan fingerprint density at radius 3 is 2.22 bits per heavy atom. The molecule has 0 amide bonds. The van der Waals surface area contributed by atoms with Crippen molar-refractivity contribution in [2.45, 2.75) is 9.78 Å². The van der Waals surface area contributed by atoms with Crippen LogP contribution in [0.25, 0.3) is 0 Å². The lowest BCUT2D eigenvalue weighted by Crippen LogP contribution is -2.17. The molecular weight excluding hydrogens is 438 g/mol. The largest absolute Gasteiger partial charge is 0.496 e. The normalized spacial score (nSPS) is 13.8. The van der Waals surface area contributed by atoms with Crippen molar-refractivity contribution < 1.29 is 14.4 Å². The summed E-state index contributed by atoms with van der Waals surface area (Å²) in [5.41, 5.74) is 0.656. The van der Waals surface area contributed by atoms with Gasteiger partial charge in [0.25, 0.3) is 4.95 Å². The predicted molar refractivity (Wildman–Crippen MR) is 78.6 cm³/mol. The molecule has 8 heteroatoms. The molecule has 0 heterocycles. The molecule has 0 spiro atoms. The van der Waals surface area contributed by atoms with Gasteiger partial charge in [0, 0.05) is 16.6 Å². The fourth-order valence-electron chi connectivity index (χ4n) is 1.35. The average Bonchev–Trinajstić information content (AvgIpc) is 2.36. The number of methoxy groups -OCH3 is 2. The molecule has 0 N–H and O–H groups in total. The van der Waals surface area contributed by atoms with E-state index in [1.165, 1.54) is 14.2 Å². The van der Waals surface area contributed by atoms with Crippen LogP contribution in [0.15, 0.2) is 16.6 Å². The molecule has 18 heavy (non-hydrogen) atoms. The van der Waals surface area contributed by atoms with Gasteiger partial charge in [0.2, 0.25) is 0 Å². The smallest absolute Gasteiger partial charge is 0.282 e. The number of nitro groups is 1. The summed E-state index contributed by atoms with van der Waals surface area (Å²) >= 11 is 9.65. The van der Waals surface area contributed by atoms with Gasteiger partial charge in [-0.1, -0.05) is 15.9 Å². The molecule has 0 saturated carbocycles. The molecule has 5 nitrogen and oxygen atoms in total. The molecular formula is C10H10Br3NO4. The van der Waals surface area contributed by atoms with Crippen molar-refractivity contribution in [3.05, 3.63) is 32.3 Å². The maximum Gasteiger partial charge on any atom is 0.282 e. The molecule has 0 aliphatic rings. The lowest BCUT2D eigenvalue weighted by molar-refractivity contribution is -0.492. The third-order valence-electron chi connectivity index (χ3n) is 2.24. The Balaban J connectivity index is 3.23. The summed E-state index contributed by atoms with van der Waals surface area (Å²) < 4.78 is 11.1. The number of ether oxygens (including phenoxy) is 2. The van der Waals surface area contributed by atoms with Crippen molar-refractivity contribution in [1.82, 2.24) is 0 Å². The third kappa shape index (κ3) is 3.36. The van der Waals surface area contributed by atoms with E-state index in [-0.39, 0.29) is 0 Å². The van der Waals surface area contributed by atoms with Gasteiger partial charge in [-0.05, 0) is 37.9 Å². The maximum absolute atomic E-state index is 10.8. The molecule has 0 saturated heterocycles. The fourth-order valence-corrected chi connectivity index (χ4v) is 2.71. The van der Waals surface area contributed by atoms with E-state index in [1.54, 1.807) is 12.1 Å². The highest BCUT2D eigenvalue weighted by molar-refractivity contribution is 9.12. The van der Waals surface area contributed by atoms with Crippen LogP contribution in [-0.4, -0.2) is 24.1 Å². The van der Waals surface area contributed by atoms with E-state index in [0.29, 0.717) is 21.5 Å². The SMILES string of the molecule is COc1cc(OC)c(C(Br)C(Br)[N+](=O)[O-])cc1Br. The highest BCUT2D eigenvalue weighted by Gasteiger charge is 2.30. The summed E-state index contributed by atoms with van der Waals surface area (Å²) in [4.78, 5) is 8.88. The van der Waals surface area contributed by atoms with Gasteiger partial charge in [-0.15, -0.1) is 0 Å². The fraction of sp³-hybridized carbons (Fsp3) is 0.400. The van der Waals surface area contributed by atoms with Crippen LogP contribution in [-0.2, 0) is 0 Å². The van der Waals surface area contributed by atoms with E-state index in [4.69, 9.17) is 9.47 Å². The third-order valence-corrected chi connectivity index (χ3v) is 5.43. The van der Waals surface area contributed by atoms with Crippen LogP contribution in [0.5, 0.6) is 11.5 Å². The maximum atomic E-state index is 10.8. The summed E-state index contributed by atoms with van der Waals surface area (Å²) in [7, 11) is 3.04. The Morgan fingerprint density at radius 2 is 1.78 bits per heavy atom. The zero-order valence-corrected chi connectivity index (χ0v) is 14.3. The molecule has 1 aromatic carbocycles. The van der Waals surface area contributed by atoms with Crippen LogP contribution in [0.4, 0.5) is 0 Å². The van der Waals surface area contributed by atoms with Crippen LogP contribution < -0.4 is 9.47 Å². The molecule has 0 aliphatic carbocycles. The van der Waals surface area contributed by atoms with E-state index >= 15 is 0 Å². The van der Waals surface area contributed by atoms with Gasteiger partial charge in [0.05, 0.1) is 18.7 Å². The summed E-state index contributed by atoms with van der Waals surface area (Å²) in [6, 6.07) is 3.40. The summed E-state index contributed by atoms with van der Waals surface area (Å²) in [6.45, 7) is 0. The second-order valence-corrected chi connectivity index (χ2v) is 6.07. The first-order valence-electron chi connectivity index (χ1n) is 4.75. The topological polar surface area (TPSA) is 61.6 Å². The van der Waals surface area contributed by atoms with Crippen molar-refractivity contribution in [1.29, 1.82) is 0 Å². The monoisotopic (exact) mass is 445 g/mol. The van der Waals surface area contributed by atoms with Crippen molar-refractivity contribution in [3.8, 4) is 11.5 Å². The predicted octanol–water partition coefficient (Wildman–Crippen LogP) is 3.90. The Kier molecular flexibility index (Phi) is 5.87. The molecule has 0 bridgehead atoms. The first-order chi connectivity index (χ1) is 8.42. The van der Waals surface area contributed by atoms with E-state index in [2.05, 4.69) is 47.8 Å². The van der Waals surface area contributed by atoms with E-state index < -0.39 is 14.7 Å². The molecule has 2 atom stereocenters. The van der Waals surface area contributed by atoms with E-state index in [0.717, 1.165) is 0 Å². The molecule has 0 fully saturated rings. The zero-order valence-electron chi connectivity index (χ0n) is 9.52. The highest BCUT2D eigenvalue weighted by atomic mass is 79.9. The molecule has 1 rings (SSSR count). The number of alkyl halides is 2. The Labute approximate surface area is 129 Å². The van der Waals surface area contributed by atoms with Gasteiger partial charge >= 0.3 is 0 Å². The van der Waals surface area contributed by atoms with E-state index in [9.17, 15) is 10.1 Å². The summed E-state index contributed by atoms with van der Waals surface area (Å²) in [5, 5.41) is 10.8. The van der Waals surface area contributed by atoms with Crippen LogP contribution in [0, 0.1) is 10.1 Å². The molecule has 100 valence electrons. The number of rotatable bonds is 5. The number of hydrogen-bond donors (Lipinski definition) is 0. The molecule has 1 aromatic rings. The van der Waals surface area contributed by atoms with Crippen molar-refractivity contribution in [3.63, 3.8) is 0 Å². The van der Waals surface area contributed by atoms with Crippen molar-refractivity contribution in [2.75, 3.05) is 14.2 Å². The van der Waals surface area contributed by atoms with Crippen molar-refractivity contribution >= 4 is 47.8 Å². The van der Waals surface area contributed by atoms with Gasteiger partial charge in [-0.3, -0.25) is 10.1 Å². The first kappa shape index (κ1) is 15.7. The van der Waals surface area contributed by atoms with Gasteiger partial charge in [0.15, 0.2) is 0 Å². The number of nitrogens with zero attached hydrogens (tertiary/aromatic N) is 1. The molecule has 2 unspecified atom stereocenters. The van der Waals surface area contributed by atoms with Gasteiger partial charge in [0.1, 0.15) is 16.3 Å². The van der Waals surface area contributed by atoms with Crippen LogP contribution in [0.1, 0.15) is 10.4 Å². The second kappa shape index (κ2) is 6.72. The molecule has 0 aliphatic heterocycles. The van der Waals surface area contributed by atoms with Crippen LogP contribution in [0.3, 0.4) is 0 Å². The average molecular weight is 448 g/mol.